The smallest absolute Gasteiger partial charge is 0.114 e. The number of hydrogen-bond donors (Lipinski definition) is 1. The maximum absolute atomic E-state index is 5.71. The lowest BCUT2D eigenvalue weighted by Crippen LogP contribution is -2.05. The van der Waals surface area contributed by atoms with Crippen LogP contribution in [-0.2, 0) is 12.2 Å². The van der Waals surface area contributed by atoms with Gasteiger partial charge in [0.1, 0.15) is 10.8 Å². The molecule has 2 aromatic heterocycles. The van der Waals surface area contributed by atoms with E-state index in [1.807, 2.05) is 30.3 Å². The molecule has 2 N–H and O–H groups in total. The molecule has 0 atom stereocenters. The van der Waals surface area contributed by atoms with Gasteiger partial charge in [-0.25, -0.2) is 4.98 Å². The molecule has 3 nitrogen and oxygen atoms in total. The summed E-state index contributed by atoms with van der Waals surface area (Å²) >= 11 is 1.70. The van der Waals surface area contributed by atoms with Gasteiger partial charge in [0, 0.05) is 5.39 Å². The molecule has 0 fully saturated rings. The highest BCUT2D eigenvalue weighted by Crippen LogP contribution is 2.28. The van der Waals surface area contributed by atoms with Crippen molar-refractivity contribution in [2.75, 3.05) is 6.54 Å². The highest BCUT2D eigenvalue weighted by Gasteiger charge is 2.08. The second-order valence-electron chi connectivity index (χ2n) is 4.55. The number of aromatic nitrogens is 1. The molecule has 0 aliphatic carbocycles. The van der Waals surface area contributed by atoms with Gasteiger partial charge in [-0.2, -0.15) is 0 Å². The monoisotopic (exact) mass is 284 g/mol. The Labute approximate surface area is 122 Å². The lowest BCUT2D eigenvalue weighted by molar-refractivity contribution is 0.530. The number of nitrogens with two attached hydrogens (primary N) is 1. The quantitative estimate of drug-likeness (QED) is 0.727. The van der Waals surface area contributed by atoms with Crippen molar-refractivity contribution in [2.24, 2.45) is 5.73 Å². The maximum atomic E-state index is 5.71. The summed E-state index contributed by atoms with van der Waals surface area (Å²) in [4.78, 5) is 4.76. The minimum atomic E-state index is 0.633. The summed E-state index contributed by atoms with van der Waals surface area (Å²) in [5.74, 6) is 1.75. The molecule has 0 aliphatic heterocycles. The maximum Gasteiger partial charge on any atom is 0.114 e. The van der Waals surface area contributed by atoms with Crippen LogP contribution in [0, 0.1) is 0 Å². The zero-order valence-electron chi connectivity index (χ0n) is 11.1. The molecule has 0 aliphatic rings. The molecule has 0 saturated heterocycles. The van der Waals surface area contributed by atoms with E-state index >= 15 is 0 Å². The fourth-order valence-electron chi connectivity index (χ4n) is 2.14. The molecule has 0 radical (unpaired) electrons. The normalized spacial score (nSPS) is 11.1. The molecule has 20 heavy (non-hydrogen) atoms. The van der Waals surface area contributed by atoms with Crippen molar-refractivity contribution in [1.82, 2.24) is 4.98 Å². The van der Waals surface area contributed by atoms with Gasteiger partial charge in [-0.15, -0.1) is 0 Å². The van der Waals surface area contributed by atoms with Crippen LogP contribution in [0.3, 0.4) is 0 Å². The molecule has 3 aromatic rings. The second-order valence-corrected chi connectivity index (χ2v) is 5.52. The Morgan fingerprint density at radius 2 is 2.05 bits per heavy atom. The molecular weight excluding hydrogens is 268 g/mol. The summed E-state index contributed by atoms with van der Waals surface area (Å²) in [6.07, 6.45) is 2.54. The van der Waals surface area contributed by atoms with Crippen LogP contribution < -0.4 is 5.73 Å². The van der Waals surface area contributed by atoms with E-state index in [1.54, 1.807) is 18.0 Å². The van der Waals surface area contributed by atoms with Crippen LogP contribution in [0.15, 0.2) is 58.2 Å². The van der Waals surface area contributed by atoms with Gasteiger partial charge >= 0.3 is 0 Å². The Kier molecular flexibility index (Phi) is 4.04. The summed E-state index contributed by atoms with van der Waals surface area (Å²) in [5.41, 5.74) is 7.94. The van der Waals surface area contributed by atoms with Crippen molar-refractivity contribution in [2.45, 2.75) is 17.2 Å². The van der Waals surface area contributed by atoms with Gasteiger partial charge in [0.05, 0.1) is 17.5 Å². The highest BCUT2D eigenvalue weighted by atomic mass is 32.2. The van der Waals surface area contributed by atoms with Gasteiger partial charge in [-0.05, 0) is 42.8 Å². The van der Waals surface area contributed by atoms with E-state index in [4.69, 9.17) is 15.1 Å². The molecular formula is C16H16N2OS. The molecule has 0 saturated carbocycles. The van der Waals surface area contributed by atoms with Crippen LogP contribution in [0.4, 0.5) is 0 Å². The average molecular weight is 284 g/mol. The van der Waals surface area contributed by atoms with Crippen molar-refractivity contribution < 1.29 is 4.42 Å². The van der Waals surface area contributed by atoms with Crippen LogP contribution in [0.2, 0.25) is 0 Å². The zero-order chi connectivity index (χ0) is 13.8. The Morgan fingerprint density at radius 1 is 1.15 bits per heavy atom. The minimum absolute atomic E-state index is 0.633. The molecule has 4 heteroatoms. The minimum Gasteiger partial charge on any atom is -0.468 e. The number of rotatable bonds is 5. The number of fused-ring (bicyclic) bond motifs is 1. The number of para-hydroxylation sites is 1. The van der Waals surface area contributed by atoms with Gasteiger partial charge < -0.3 is 10.2 Å². The van der Waals surface area contributed by atoms with Crippen LogP contribution in [0.5, 0.6) is 0 Å². The standard InChI is InChI=1S/C16H16N2OS/c17-8-7-13-10-12-4-1-2-6-15(12)18-16(13)20-11-14-5-3-9-19-14/h1-6,9-10H,7-8,11,17H2. The van der Waals surface area contributed by atoms with E-state index in [2.05, 4.69) is 12.1 Å². The molecule has 0 spiro atoms. The summed E-state index contributed by atoms with van der Waals surface area (Å²) in [6.45, 7) is 0.633. The summed E-state index contributed by atoms with van der Waals surface area (Å²) in [5, 5.41) is 2.21. The van der Waals surface area contributed by atoms with E-state index in [-0.39, 0.29) is 0 Å². The first-order valence-electron chi connectivity index (χ1n) is 6.61. The number of hydrogen-bond acceptors (Lipinski definition) is 4. The number of benzene rings is 1. The fraction of sp³-hybridized carbons (Fsp3) is 0.188. The molecule has 1 aromatic carbocycles. The molecule has 2 heterocycles. The third kappa shape index (κ3) is 2.86. The first kappa shape index (κ1) is 13.2. The van der Waals surface area contributed by atoms with Crippen LogP contribution >= 0.6 is 11.8 Å². The Hall–Kier alpha value is -1.78. The van der Waals surface area contributed by atoms with E-state index in [9.17, 15) is 0 Å². The third-order valence-electron chi connectivity index (χ3n) is 3.11. The van der Waals surface area contributed by atoms with Gasteiger partial charge in [-0.1, -0.05) is 30.0 Å². The Bertz CT molecular complexity index is 695. The second kappa shape index (κ2) is 6.11. The first-order chi connectivity index (χ1) is 9.86. The van der Waals surface area contributed by atoms with Crippen molar-refractivity contribution in [3.8, 4) is 0 Å². The van der Waals surface area contributed by atoms with Crippen LogP contribution in [0.1, 0.15) is 11.3 Å². The van der Waals surface area contributed by atoms with Crippen molar-refractivity contribution in [3.63, 3.8) is 0 Å². The van der Waals surface area contributed by atoms with Crippen LogP contribution in [0.25, 0.3) is 10.9 Å². The van der Waals surface area contributed by atoms with E-state index < -0.39 is 0 Å². The predicted octanol–water partition coefficient (Wildman–Crippen LogP) is 3.62. The lowest BCUT2D eigenvalue weighted by atomic mass is 10.1. The summed E-state index contributed by atoms with van der Waals surface area (Å²) in [6, 6.07) is 14.3. The largest absolute Gasteiger partial charge is 0.468 e. The highest BCUT2D eigenvalue weighted by molar-refractivity contribution is 7.98. The first-order valence-corrected chi connectivity index (χ1v) is 7.59. The number of nitrogens with zero attached hydrogens (tertiary/aromatic N) is 1. The van der Waals surface area contributed by atoms with Gasteiger partial charge in [0.15, 0.2) is 0 Å². The number of furan rings is 1. The van der Waals surface area contributed by atoms with E-state index in [0.717, 1.165) is 28.5 Å². The van der Waals surface area contributed by atoms with Gasteiger partial charge in [0.25, 0.3) is 0 Å². The lowest BCUT2D eigenvalue weighted by Gasteiger charge is -2.09. The molecule has 0 unspecified atom stereocenters. The number of thioether (sulfide) groups is 1. The number of pyridine rings is 1. The molecule has 102 valence electrons. The SMILES string of the molecule is NCCc1cc2ccccc2nc1SCc1ccco1. The zero-order valence-corrected chi connectivity index (χ0v) is 11.9. The molecule has 0 amide bonds. The van der Waals surface area contributed by atoms with Gasteiger partial charge in [0.2, 0.25) is 0 Å². The average Bonchev–Trinajstić information content (AvgIpc) is 2.98. The molecule has 3 rings (SSSR count). The third-order valence-corrected chi connectivity index (χ3v) is 4.16. The molecule has 0 bridgehead atoms. The summed E-state index contributed by atoms with van der Waals surface area (Å²) in [7, 11) is 0. The van der Waals surface area contributed by atoms with Crippen molar-refractivity contribution >= 4 is 22.7 Å². The predicted molar refractivity (Wildman–Crippen MR) is 82.8 cm³/mol. The Balaban J connectivity index is 1.92. The van der Waals surface area contributed by atoms with Crippen LogP contribution in [-0.4, -0.2) is 11.5 Å². The summed E-state index contributed by atoms with van der Waals surface area (Å²) < 4.78 is 5.37. The van der Waals surface area contributed by atoms with Gasteiger partial charge in [-0.3, -0.25) is 0 Å². The van der Waals surface area contributed by atoms with E-state index in [0.29, 0.717) is 6.54 Å². The van der Waals surface area contributed by atoms with E-state index in [1.165, 1.54) is 10.9 Å². The van der Waals surface area contributed by atoms with Crippen molar-refractivity contribution in [3.05, 3.63) is 60.1 Å². The van der Waals surface area contributed by atoms with Crippen molar-refractivity contribution in [1.29, 1.82) is 0 Å². The topological polar surface area (TPSA) is 52.0 Å². The fourth-order valence-corrected chi connectivity index (χ4v) is 3.09. The Morgan fingerprint density at radius 3 is 2.85 bits per heavy atom.